The van der Waals surface area contributed by atoms with Crippen molar-refractivity contribution < 1.29 is 5.11 Å². The van der Waals surface area contributed by atoms with E-state index >= 15 is 0 Å². The predicted octanol–water partition coefficient (Wildman–Crippen LogP) is 1.68. The lowest BCUT2D eigenvalue weighted by Crippen LogP contribution is -2.45. The standard InChI is InChI=1S/C11H21NO/c13-11-7-2-1-5-9(11)10-6-3-4-8-12-10/h9-13H,1-8H2/t9-,10?,11+/m0/s1. The maximum Gasteiger partial charge on any atom is 0.0583 e. The number of aliphatic hydroxyl groups excluding tert-OH is 1. The summed E-state index contributed by atoms with van der Waals surface area (Å²) < 4.78 is 0. The fraction of sp³-hybridized carbons (Fsp3) is 1.00. The molecule has 1 aliphatic heterocycles. The summed E-state index contributed by atoms with van der Waals surface area (Å²) in [5.41, 5.74) is 0. The molecule has 0 bridgehead atoms. The molecule has 0 aromatic rings. The molecule has 13 heavy (non-hydrogen) atoms. The highest BCUT2D eigenvalue weighted by atomic mass is 16.3. The number of hydrogen-bond donors (Lipinski definition) is 2. The highest BCUT2D eigenvalue weighted by molar-refractivity contribution is 4.86. The van der Waals surface area contributed by atoms with Crippen molar-refractivity contribution in [3.63, 3.8) is 0 Å². The minimum atomic E-state index is -0.0238. The van der Waals surface area contributed by atoms with E-state index in [1.807, 2.05) is 0 Å². The predicted molar refractivity (Wildman–Crippen MR) is 53.6 cm³/mol. The molecule has 1 saturated heterocycles. The van der Waals surface area contributed by atoms with Gasteiger partial charge < -0.3 is 10.4 Å². The first kappa shape index (κ1) is 9.47. The summed E-state index contributed by atoms with van der Waals surface area (Å²) in [6, 6.07) is 0.615. The Hall–Kier alpha value is -0.0800. The van der Waals surface area contributed by atoms with Crippen molar-refractivity contribution in [1.82, 2.24) is 5.32 Å². The lowest BCUT2D eigenvalue weighted by molar-refractivity contribution is 0.0422. The van der Waals surface area contributed by atoms with Crippen LogP contribution in [0.3, 0.4) is 0 Å². The van der Waals surface area contributed by atoms with E-state index in [4.69, 9.17) is 0 Å². The van der Waals surface area contributed by atoms with Crippen LogP contribution in [-0.4, -0.2) is 23.8 Å². The Bertz CT molecular complexity index is 154. The van der Waals surface area contributed by atoms with Gasteiger partial charge in [-0.1, -0.05) is 19.3 Å². The molecular formula is C11H21NO. The average molecular weight is 183 g/mol. The minimum absolute atomic E-state index is 0.0238. The minimum Gasteiger partial charge on any atom is -0.393 e. The van der Waals surface area contributed by atoms with E-state index < -0.39 is 0 Å². The number of rotatable bonds is 1. The molecule has 1 unspecified atom stereocenters. The molecule has 1 heterocycles. The zero-order valence-electron chi connectivity index (χ0n) is 8.34. The Morgan fingerprint density at radius 3 is 2.38 bits per heavy atom. The summed E-state index contributed by atoms with van der Waals surface area (Å²) in [7, 11) is 0. The molecule has 2 aliphatic rings. The van der Waals surface area contributed by atoms with E-state index in [1.54, 1.807) is 0 Å². The summed E-state index contributed by atoms with van der Waals surface area (Å²) in [5.74, 6) is 0.550. The molecule has 0 aromatic carbocycles. The Labute approximate surface area is 80.7 Å². The van der Waals surface area contributed by atoms with E-state index in [1.165, 1.54) is 38.5 Å². The molecule has 2 nitrogen and oxygen atoms in total. The Balaban J connectivity index is 1.88. The second-order valence-corrected chi connectivity index (χ2v) is 4.57. The highest BCUT2D eigenvalue weighted by Crippen LogP contribution is 2.30. The van der Waals surface area contributed by atoms with Gasteiger partial charge in [-0.15, -0.1) is 0 Å². The van der Waals surface area contributed by atoms with Crippen molar-refractivity contribution in [3.05, 3.63) is 0 Å². The number of aliphatic hydroxyl groups is 1. The topological polar surface area (TPSA) is 32.3 Å². The van der Waals surface area contributed by atoms with Gasteiger partial charge in [-0.25, -0.2) is 0 Å². The monoisotopic (exact) mass is 183 g/mol. The van der Waals surface area contributed by atoms with Crippen LogP contribution in [-0.2, 0) is 0 Å². The van der Waals surface area contributed by atoms with Crippen LogP contribution in [0.5, 0.6) is 0 Å². The molecule has 1 aliphatic carbocycles. The van der Waals surface area contributed by atoms with Crippen LogP contribution in [0.4, 0.5) is 0 Å². The third kappa shape index (κ3) is 2.23. The molecular weight excluding hydrogens is 162 g/mol. The third-order valence-electron chi connectivity index (χ3n) is 3.65. The maximum atomic E-state index is 9.88. The molecule has 76 valence electrons. The molecule has 2 heteroatoms. The zero-order valence-corrected chi connectivity index (χ0v) is 8.34. The van der Waals surface area contributed by atoms with E-state index in [-0.39, 0.29) is 6.10 Å². The summed E-state index contributed by atoms with van der Waals surface area (Å²) in [4.78, 5) is 0. The lowest BCUT2D eigenvalue weighted by atomic mass is 9.79. The molecule has 0 radical (unpaired) electrons. The first-order valence-corrected chi connectivity index (χ1v) is 5.79. The molecule has 1 saturated carbocycles. The van der Waals surface area contributed by atoms with Crippen molar-refractivity contribution in [2.24, 2.45) is 5.92 Å². The molecule has 3 atom stereocenters. The summed E-state index contributed by atoms with van der Waals surface area (Å²) in [6.45, 7) is 1.16. The van der Waals surface area contributed by atoms with Crippen molar-refractivity contribution in [3.8, 4) is 0 Å². The molecule has 0 aromatic heterocycles. The fourth-order valence-corrected chi connectivity index (χ4v) is 2.85. The van der Waals surface area contributed by atoms with Gasteiger partial charge in [-0.05, 0) is 32.2 Å². The van der Waals surface area contributed by atoms with Crippen LogP contribution < -0.4 is 5.32 Å². The van der Waals surface area contributed by atoms with Crippen molar-refractivity contribution in [2.45, 2.75) is 57.1 Å². The van der Waals surface area contributed by atoms with E-state index in [9.17, 15) is 5.11 Å². The highest BCUT2D eigenvalue weighted by Gasteiger charge is 2.30. The number of nitrogens with one attached hydrogen (secondary N) is 1. The van der Waals surface area contributed by atoms with E-state index in [0.717, 1.165) is 13.0 Å². The van der Waals surface area contributed by atoms with Crippen LogP contribution in [0.25, 0.3) is 0 Å². The maximum absolute atomic E-state index is 9.88. The SMILES string of the molecule is O[C@@H]1CCCC[C@H]1C1CCCCN1. The van der Waals surface area contributed by atoms with Crippen LogP contribution >= 0.6 is 0 Å². The van der Waals surface area contributed by atoms with Gasteiger partial charge in [0.2, 0.25) is 0 Å². The van der Waals surface area contributed by atoms with Crippen LogP contribution in [0.1, 0.15) is 44.9 Å². The molecule has 2 rings (SSSR count). The van der Waals surface area contributed by atoms with Crippen LogP contribution in [0.15, 0.2) is 0 Å². The van der Waals surface area contributed by atoms with Crippen molar-refractivity contribution in [1.29, 1.82) is 0 Å². The van der Waals surface area contributed by atoms with Gasteiger partial charge in [0.25, 0.3) is 0 Å². The number of hydrogen-bond acceptors (Lipinski definition) is 2. The normalized spacial score (nSPS) is 41.8. The average Bonchev–Trinajstić information content (AvgIpc) is 2.20. The quantitative estimate of drug-likeness (QED) is 0.648. The molecule has 2 fully saturated rings. The second kappa shape index (κ2) is 4.43. The summed E-state index contributed by atoms with van der Waals surface area (Å²) >= 11 is 0. The zero-order chi connectivity index (χ0) is 9.10. The largest absolute Gasteiger partial charge is 0.393 e. The Kier molecular flexibility index (Phi) is 3.23. The summed E-state index contributed by atoms with van der Waals surface area (Å²) in [5, 5.41) is 13.4. The van der Waals surface area contributed by atoms with Crippen LogP contribution in [0, 0.1) is 5.92 Å². The molecule has 0 amide bonds. The van der Waals surface area contributed by atoms with E-state index in [0.29, 0.717) is 12.0 Å². The lowest BCUT2D eigenvalue weighted by Gasteiger charge is -2.37. The van der Waals surface area contributed by atoms with Gasteiger partial charge in [-0.2, -0.15) is 0 Å². The van der Waals surface area contributed by atoms with Crippen molar-refractivity contribution in [2.75, 3.05) is 6.54 Å². The van der Waals surface area contributed by atoms with Gasteiger partial charge in [0, 0.05) is 12.0 Å². The van der Waals surface area contributed by atoms with E-state index in [2.05, 4.69) is 5.32 Å². The Morgan fingerprint density at radius 1 is 0.923 bits per heavy atom. The van der Waals surface area contributed by atoms with Gasteiger partial charge in [0.15, 0.2) is 0 Å². The third-order valence-corrected chi connectivity index (χ3v) is 3.65. The molecule has 0 spiro atoms. The van der Waals surface area contributed by atoms with Crippen LogP contribution in [0.2, 0.25) is 0 Å². The van der Waals surface area contributed by atoms with Gasteiger partial charge in [0.05, 0.1) is 6.10 Å². The fourth-order valence-electron chi connectivity index (χ4n) is 2.85. The first-order valence-electron chi connectivity index (χ1n) is 5.79. The van der Waals surface area contributed by atoms with Gasteiger partial charge in [-0.3, -0.25) is 0 Å². The first-order chi connectivity index (χ1) is 6.38. The Morgan fingerprint density at radius 2 is 1.69 bits per heavy atom. The van der Waals surface area contributed by atoms with Gasteiger partial charge in [0.1, 0.15) is 0 Å². The van der Waals surface area contributed by atoms with Crippen molar-refractivity contribution >= 4 is 0 Å². The number of piperidine rings is 1. The smallest absolute Gasteiger partial charge is 0.0583 e. The van der Waals surface area contributed by atoms with Gasteiger partial charge >= 0.3 is 0 Å². The summed E-state index contributed by atoms with van der Waals surface area (Å²) in [6.07, 6.45) is 8.73. The molecule has 2 N–H and O–H groups in total. The second-order valence-electron chi connectivity index (χ2n) is 4.57.